The molecule has 0 spiro atoms. The van der Waals surface area contributed by atoms with Crippen molar-refractivity contribution in [3.63, 3.8) is 0 Å². The molecule has 0 aliphatic heterocycles. The van der Waals surface area contributed by atoms with Gasteiger partial charge in [-0.2, -0.15) is 0 Å². The Morgan fingerprint density at radius 3 is 2.47 bits per heavy atom. The molecule has 1 aromatic carbocycles. The monoisotopic (exact) mass is 268 g/mol. The van der Waals surface area contributed by atoms with E-state index in [9.17, 15) is 15.0 Å². The number of ether oxygens (including phenoxy) is 1. The first kappa shape index (κ1) is 15.1. The number of carboxylic acid groups (broad SMARTS) is 1. The highest BCUT2D eigenvalue weighted by molar-refractivity contribution is 5.95. The van der Waals surface area contributed by atoms with Crippen LogP contribution in [0, 0.1) is 0 Å². The number of carbonyl (C=O) groups is 1. The van der Waals surface area contributed by atoms with Crippen LogP contribution in [0.4, 0.5) is 0 Å². The number of unbranched alkanes of at least 4 members (excludes halogenated alkanes) is 2. The molecule has 1 rings (SSSR count). The maximum absolute atomic E-state index is 11.2. The summed E-state index contributed by atoms with van der Waals surface area (Å²) in [5, 5.41) is 28.4. The van der Waals surface area contributed by atoms with Crippen molar-refractivity contribution in [2.45, 2.75) is 39.5 Å². The van der Waals surface area contributed by atoms with E-state index >= 15 is 0 Å². The minimum atomic E-state index is -1.31. The van der Waals surface area contributed by atoms with Crippen molar-refractivity contribution in [1.82, 2.24) is 0 Å². The number of benzene rings is 1. The predicted octanol–water partition coefficient (Wildman–Crippen LogP) is 2.93. The fourth-order valence-electron chi connectivity index (χ4n) is 1.95. The minimum absolute atomic E-state index is 0.154. The minimum Gasteiger partial charge on any atom is -0.504 e. The molecule has 106 valence electrons. The quantitative estimate of drug-likeness (QED) is 0.523. The van der Waals surface area contributed by atoms with E-state index in [4.69, 9.17) is 9.84 Å². The molecule has 5 nitrogen and oxygen atoms in total. The molecule has 0 bridgehead atoms. The zero-order valence-electron chi connectivity index (χ0n) is 11.3. The molecule has 0 aliphatic rings. The number of phenols is 2. The molecule has 0 aliphatic carbocycles. The van der Waals surface area contributed by atoms with E-state index in [1.165, 1.54) is 6.07 Å². The van der Waals surface area contributed by atoms with Crippen LogP contribution in [0.25, 0.3) is 0 Å². The predicted molar refractivity (Wildman–Crippen MR) is 71.1 cm³/mol. The fourth-order valence-corrected chi connectivity index (χ4v) is 1.95. The van der Waals surface area contributed by atoms with Gasteiger partial charge in [-0.1, -0.05) is 19.8 Å². The highest BCUT2D eigenvalue weighted by Crippen LogP contribution is 2.39. The van der Waals surface area contributed by atoms with Gasteiger partial charge in [-0.25, -0.2) is 4.79 Å². The Hall–Kier alpha value is -1.91. The smallest absolute Gasteiger partial charge is 0.343 e. The van der Waals surface area contributed by atoms with Crippen LogP contribution >= 0.6 is 0 Å². The summed E-state index contributed by atoms with van der Waals surface area (Å²) >= 11 is 0. The van der Waals surface area contributed by atoms with Gasteiger partial charge < -0.3 is 20.1 Å². The van der Waals surface area contributed by atoms with Gasteiger partial charge in [0.2, 0.25) is 0 Å². The lowest BCUT2D eigenvalue weighted by Crippen LogP contribution is -2.06. The van der Waals surface area contributed by atoms with Crippen molar-refractivity contribution in [3.05, 3.63) is 17.2 Å². The van der Waals surface area contributed by atoms with Gasteiger partial charge in [0.1, 0.15) is 11.3 Å². The van der Waals surface area contributed by atoms with Gasteiger partial charge in [0, 0.05) is 0 Å². The molecule has 1 aromatic rings. The standard InChI is InChI=1S/C14H20O5/c1-3-5-6-7-9-8-10(15)12(16)11(14(17)18)13(9)19-4-2/h8,15-16H,3-7H2,1-2H3,(H,17,18). The third-order valence-corrected chi connectivity index (χ3v) is 2.86. The van der Waals surface area contributed by atoms with Gasteiger partial charge >= 0.3 is 5.97 Å². The zero-order chi connectivity index (χ0) is 14.4. The van der Waals surface area contributed by atoms with Crippen LogP contribution in [-0.2, 0) is 6.42 Å². The number of hydrogen-bond acceptors (Lipinski definition) is 4. The molecule has 19 heavy (non-hydrogen) atoms. The second-order valence-corrected chi connectivity index (χ2v) is 4.30. The maximum Gasteiger partial charge on any atom is 0.343 e. The Morgan fingerprint density at radius 2 is 1.95 bits per heavy atom. The summed E-state index contributed by atoms with van der Waals surface area (Å²) in [7, 11) is 0. The number of rotatable bonds is 7. The lowest BCUT2D eigenvalue weighted by atomic mass is 10.0. The van der Waals surface area contributed by atoms with E-state index in [2.05, 4.69) is 6.92 Å². The summed E-state index contributed by atoms with van der Waals surface area (Å²) in [5.41, 5.74) is 0.247. The van der Waals surface area contributed by atoms with Crippen molar-refractivity contribution in [2.24, 2.45) is 0 Å². The van der Waals surface area contributed by atoms with Crippen molar-refractivity contribution in [2.75, 3.05) is 6.61 Å². The summed E-state index contributed by atoms with van der Waals surface area (Å²) < 4.78 is 5.34. The summed E-state index contributed by atoms with van der Waals surface area (Å²) in [4.78, 5) is 11.2. The molecule has 0 saturated carbocycles. The van der Waals surface area contributed by atoms with Gasteiger partial charge in [-0.3, -0.25) is 0 Å². The molecule has 0 saturated heterocycles. The van der Waals surface area contributed by atoms with Crippen LogP contribution in [0.5, 0.6) is 17.2 Å². The molecule has 0 amide bonds. The Bertz CT molecular complexity index is 454. The number of aromatic carboxylic acids is 1. The number of phenolic OH excluding ortho intramolecular Hbond substituents is 1. The Kier molecular flexibility index (Phi) is 5.48. The molecule has 0 heterocycles. The first-order valence-electron chi connectivity index (χ1n) is 6.46. The van der Waals surface area contributed by atoms with Crippen LogP contribution < -0.4 is 4.74 Å². The molecule has 0 atom stereocenters. The van der Waals surface area contributed by atoms with Gasteiger partial charge in [0.25, 0.3) is 0 Å². The average Bonchev–Trinajstić information content (AvgIpc) is 2.35. The first-order chi connectivity index (χ1) is 9.02. The van der Waals surface area contributed by atoms with Crippen LogP contribution in [0.2, 0.25) is 0 Å². The third-order valence-electron chi connectivity index (χ3n) is 2.86. The molecule has 0 aromatic heterocycles. The van der Waals surface area contributed by atoms with Gasteiger partial charge in [-0.15, -0.1) is 0 Å². The van der Waals surface area contributed by atoms with Crippen LogP contribution in [0.15, 0.2) is 6.07 Å². The highest BCUT2D eigenvalue weighted by atomic mass is 16.5. The molecule has 5 heteroatoms. The second kappa shape index (κ2) is 6.87. The Balaban J connectivity index is 3.23. The fraction of sp³-hybridized carbons (Fsp3) is 0.500. The molecule has 0 fully saturated rings. The van der Waals surface area contributed by atoms with Crippen molar-refractivity contribution < 1.29 is 24.9 Å². The number of aryl methyl sites for hydroxylation is 1. The Labute approximate surface area is 112 Å². The van der Waals surface area contributed by atoms with Crippen molar-refractivity contribution in [1.29, 1.82) is 0 Å². The van der Waals surface area contributed by atoms with Gasteiger partial charge in [-0.05, 0) is 31.4 Å². The number of hydrogen-bond donors (Lipinski definition) is 3. The normalized spacial score (nSPS) is 10.4. The van der Waals surface area contributed by atoms with E-state index in [1.807, 2.05) is 0 Å². The summed E-state index contributed by atoms with van der Waals surface area (Å²) in [6, 6.07) is 1.38. The topological polar surface area (TPSA) is 87.0 Å². The van der Waals surface area contributed by atoms with Crippen molar-refractivity contribution >= 4 is 5.97 Å². The average molecular weight is 268 g/mol. The highest BCUT2D eigenvalue weighted by Gasteiger charge is 2.23. The van der Waals surface area contributed by atoms with E-state index in [0.717, 1.165) is 19.3 Å². The Morgan fingerprint density at radius 1 is 1.26 bits per heavy atom. The van der Waals surface area contributed by atoms with Gasteiger partial charge in [0.05, 0.1) is 6.61 Å². The molecule has 3 N–H and O–H groups in total. The summed E-state index contributed by atoms with van der Waals surface area (Å²) in [6.45, 7) is 4.11. The maximum atomic E-state index is 11.2. The van der Waals surface area contributed by atoms with Crippen molar-refractivity contribution in [3.8, 4) is 17.2 Å². The molecule has 0 radical (unpaired) electrons. The molecular formula is C14H20O5. The number of carboxylic acids is 1. The third kappa shape index (κ3) is 3.53. The molecular weight excluding hydrogens is 248 g/mol. The van der Waals surface area contributed by atoms with Crippen LogP contribution in [-0.4, -0.2) is 27.9 Å². The summed E-state index contributed by atoms with van der Waals surface area (Å²) in [6.07, 6.45) is 3.53. The summed E-state index contributed by atoms with van der Waals surface area (Å²) in [5.74, 6) is -2.22. The first-order valence-corrected chi connectivity index (χ1v) is 6.46. The zero-order valence-corrected chi connectivity index (χ0v) is 11.3. The largest absolute Gasteiger partial charge is 0.504 e. The lowest BCUT2D eigenvalue weighted by molar-refractivity contribution is 0.0688. The SMILES string of the molecule is CCCCCc1cc(O)c(O)c(C(=O)O)c1OCC. The number of aromatic hydroxyl groups is 2. The van der Waals surface area contributed by atoms with E-state index in [0.29, 0.717) is 18.6 Å². The van der Waals surface area contributed by atoms with E-state index in [-0.39, 0.29) is 11.3 Å². The van der Waals surface area contributed by atoms with E-state index < -0.39 is 17.5 Å². The van der Waals surface area contributed by atoms with Crippen LogP contribution in [0.3, 0.4) is 0 Å². The lowest BCUT2D eigenvalue weighted by Gasteiger charge is -2.15. The van der Waals surface area contributed by atoms with Gasteiger partial charge in [0.15, 0.2) is 11.5 Å². The molecule has 0 unspecified atom stereocenters. The second-order valence-electron chi connectivity index (χ2n) is 4.30. The van der Waals surface area contributed by atoms with E-state index in [1.54, 1.807) is 6.92 Å². The van der Waals surface area contributed by atoms with Crippen LogP contribution in [0.1, 0.15) is 49.0 Å².